The molecule has 1 amide bonds. The van der Waals surface area contributed by atoms with Crippen molar-refractivity contribution in [1.82, 2.24) is 0 Å². The third-order valence-corrected chi connectivity index (χ3v) is 3.61. The van der Waals surface area contributed by atoms with E-state index in [0.717, 1.165) is 15.7 Å². The van der Waals surface area contributed by atoms with Crippen molar-refractivity contribution in [2.75, 3.05) is 5.32 Å². The third kappa shape index (κ3) is 4.14. The molecule has 0 fully saturated rings. The number of hydrogen-bond acceptors (Lipinski definition) is 1. The summed E-state index contributed by atoms with van der Waals surface area (Å²) in [6.45, 7) is 0. The summed E-state index contributed by atoms with van der Waals surface area (Å²) in [7, 11) is 0. The van der Waals surface area contributed by atoms with Crippen molar-refractivity contribution in [2.24, 2.45) is 0 Å². The minimum absolute atomic E-state index is 0.138. The summed E-state index contributed by atoms with van der Waals surface area (Å²) in [5.41, 5.74) is 1.48. The summed E-state index contributed by atoms with van der Waals surface area (Å²) in [6, 6.07) is 11.9. The smallest absolute Gasteiger partial charge is 0.228 e. The molecule has 2 aromatic rings. The van der Waals surface area contributed by atoms with E-state index in [-0.39, 0.29) is 18.1 Å². The lowest BCUT2D eigenvalue weighted by atomic mass is 10.1. The van der Waals surface area contributed by atoms with E-state index < -0.39 is 0 Å². The molecule has 0 spiro atoms. The van der Waals surface area contributed by atoms with Gasteiger partial charge in [0.05, 0.1) is 10.9 Å². The van der Waals surface area contributed by atoms with E-state index in [9.17, 15) is 9.18 Å². The summed E-state index contributed by atoms with van der Waals surface area (Å²) in [5, 5.41) is 2.78. The van der Waals surface area contributed by atoms with Crippen molar-refractivity contribution in [2.45, 2.75) is 6.42 Å². The molecule has 0 heterocycles. The first-order valence-electron chi connectivity index (χ1n) is 5.54. The predicted molar refractivity (Wildman–Crippen MR) is 80.6 cm³/mol. The molecule has 2 aromatic carbocycles. The molecule has 0 bridgehead atoms. The second-order valence-corrected chi connectivity index (χ2v) is 5.75. The normalized spacial score (nSPS) is 10.3. The number of hydrogen-bond donors (Lipinski definition) is 1. The Morgan fingerprint density at radius 1 is 1.11 bits per heavy atom. The van der Waals surface area contributed by atoms with E-state index >= 15 is 0 Å². The lowest BCUT2D eigenvalue weighted by Gasteiger charge is -2.06. The van der Waals surface area contributed by atoms with Crippen LogP contribution in [0.1, 0.15) is 5.56 Å². The van der Waals surface area contributed by atoms with Gasteiger partial charge in [-0.1, -0.05) is 22.0 Å². The fourth-order valence-electron chi connectivity index (χ4n) is 1.57. The minimum Gasteiger partial charge on any atom is -0.326 e. The van der Waals surface area contributed by atoms with E-state index in [0.29, 0.717) is 4.47 Å². The summed E-state index contributed by atoms with van der Waals surface area (Å²) < 4.78 is 14.4. The standard InChI is InChI=1S/C14H10Br2FNO/c15-10-2-4-11(5-3-10)18-14(19)8-9-1-6-13(17)12(16)7-9/h1-7H,8H2,(H,18,19). The Balaban J connectivity index is 2.01. The molecule has 98 valence electrons. The van der Waals surface area contributed by atoms with Crippen LogP contribution in [0.15, 0.2) is 51.4 Å². The molecule has 0 unspecified atom stereocenters. The zero-order chi connectivity index (χ0) is 13.8. The maximum absolute atomic E-state index is 13.1. The van der Waals surface area contributed by atoms with Crippen molar-refractivity contribution >= 4 is 43.5 Å². The highest BCUT2D eigenvalue weighted by Crippen LogP contribution is 2.18. The van der Waals surface area contributed by atoms with Gasteiger partial charge in [-0.2, -0.15) is 0 Å². The first-order chi connectivity index (χ1) is 9.04. The molecular weight excluding hydrogens is 377 g/mol. The van der Waals surface area contributed by atoms with Crippen molar-refractivity contribution < 1.29 is 9.18 Å². The highest BCUT2D eigenvalue weighted by atomic mass is 79.9. The van der Waals surface area contributed by atoms with E-state index in [4.69, 9.17) is 0 Å². The Morgan fingerprint density at radius 2 is 1.79 bits per heavy atom. The topological polar surface area (TPSA) is 29.1 Å². The van der Waals surface area contributed by atoms with Crippen LogP contribution in [0.5, 0.6) is 0 Å². The van der Waals surface area contributed by atoms with Gasteiger partial charge in [-0.3, -0.25) is 4.79 Å². The van der Waals surface area contributed by atoms with Gasteiger partial charge in [-0.15, -0.1) is 0 Å². The molecule has 2 nitrogen and oxygen atoms in total. The molecule has 0 aliphatic carbocycles. The van der Waals surface area contributed by atoms with Gasteiger partial charge in [0.1, 0.15) is 5.82 Å². The second kappa shape index (κ2) is 6.30. The highest BCUT2D eigenvalue weighted by molar-refractivity contribution is 9.10. The van der Waals surface area contributed by atoms with Crippen LogP contribution in [0, 0.1) is 5.82 Å². The first-order valence-corrected chi connectivity index (χ1v) is 7.12. The van der Waals surface area contributed by atoms with Crippen LogP contribution in [0.2, 0.25) is 0 Å². The second-order valence-electron chi connectivity index (χ2n) is 3.98. The predicted octanol–water partition coefficient (Wildman–Crippen LogP) is 4.53. The molecule has 0 saturated heterocycles. The largest absolute Gasteiger partial charge is 0.326 e. The van der Waals surface area contributed by atoms with Gasteiger partial charge < -0.3 is 5.32 Å². The highest BCUT2D eigenvalue weighted by Gasteiger charge is 2.06. The average Bonchev–Trinajstić information content (AvgIpc) is 2.37. The van der Waals surface area contributed by atoms with Crippen LogP contribution in [-0.2, 0) is 11.2 Å². The van der Waals surface area contributed by atoms with Crippen LogP contribution in [0.25, 0.3) is 0 Å². The zero-order valence-corrected chi connectivity index (χ0v) is 13.0. The number of benzene rings is 2. The third-order valence-electron chi connectivity index (χ3n) is 2.48. The average molecular weight is 387 g/mol. The number of carbonyl (C=O) groups is 1. The molecule has 0 radical (unpaired) electrons. The first kappa shape index (κ1) is 14.2. The molecule has 0 aliphatic heterocycles. The fraction of sp³-hybridized carbons (Fsp3) is 0.0714. The Hall–Kier alpha value is -1.20. The minimum atomic E-state index is -0.336. The van der Waals surface area contributed by atoms with E-state index in [1.807, 2.05) is 24.3 Å². The molecule has 19 heavy (non-hydrogen) atoms. The Bertz CT molecular complexity index is 599. The van der Waals surface area contributed by atoms with Crippen LogP contribution >= 0.6 is 31.9 Å². The van der Waals surface area contributed by atoms with E-state index in [1.54, 1.807) is 12.1 Å². The summed E-state index contributed by atoms with van der Waals surface area (Å²) >= 11 is 6.43. The van der Waals surface area contributed by atoms with E-state index in [2.05, 4.69) is 37.2 Å². The van der Waals surface area contributed by atoms with Crippen molar-refractivity contribution in [3.63, 3.8) is 0 Å². The van der Waals surface area contributed by atoms with Crippen LogP contribution in [0.3, 0.4) is 0 Å². The van der Waals surface area contributed by atoms with Crippen LogP contribution in [-0.4, -0.2) is 5.91 Å². The van der Waals surface area contributed by atoms with Gasteiger partial charge in [-0.25, -0.2) is 4.39 Å². The van der Waals surface area contributed by atoms with Gasteiger partial charge >= 0.3 is 0 Å². The fourth-order valence-corrected chi connectivity index (χ4v) is 2.26. The van der Waals surface area contributed by atoms with Gasteiger partial charge in [0.2, 0.25) is 5.91 Å². The number of amides is 1. The maximum atomic E-state index is 13.1. The SMILES string of the molecule is O=C(Cc1ccc(F)c(Br)c1)Nc1ccc(Br)cc1. The Kier molecular flexibility index (Phi) is 4.71. The molecule has 0 aromatic heterocycles. The van der Waals surface area contributed by atoms with Gasteiger partial charge in [0, 0.05) is 10.2 Å². The number of carbonyl (C=O) groups excluding carboxylic acids is 1. The van der Waals surface area contributed by atoms with E-state index in [1.165, 1.54) is 6.07 Å². The van der Waals surface area contributed by atoms with Gasteiger partial charge in [0.25, 0.3) is 0 Å². The number of nitrogens with one attached hydrogen (secondary N) is 1. The lowest BCUT2D eigenvalue weighted by Crippen LogP contribution is -2.14. The van der Waals surface area contributed by atoms with Crippen LogP contribution < -0.4 is 5.32 Å². The molecule has 5 heteroatoms. The maximum Gasteiger partial charge on any atom is 0.228 e. The summed E-state index contributed by atoms with van der Waals surface area (Å²) in [4.78, 5) is 11.8. The number of rotatable bonds is 3. The van der Waals surface area contributed by atoms with Gasteiger partial charge in [0.15, 0.2) is 0 Å². The van der Waals surface area contributed by atoms with Crippen LogP contribution in [0.4, 0.5) is 10.1 Å². The van der Waals surface area contributed by atoms with Crippen molar-refractivity contribution in [1.29, 1.82) is 0 Å². The Labute approximate surface area is 127 Å². The number of halogens is 3. The monoisotopic (exact) mass is 385 g/mol. The number of anilines is 1. The van der Waals surface area contributed by atoms with Crippen molar-refractivity contribution in [3.8, 4) is 0 Å². The molecule has 0 saturated carbocycles. The van der Waals surface area contributed by atoms with Gasteiger partial charge in [-0.05, 0) is 57.9 Å². The molecule has 0 atom stereocenters. The Morgan fingerprint density at radius 3 is 2.42 bits per heavy atom. The van der Waals surface area contributed by atoms with Crippen molar-refractivity contribution in [3.05, 3.63) is 62.8 Å². The molecule has 1 N–H and O–H groups in total. The molecule has 2 rings (SSSR count). The molecule has 0 aliphatic rings. The lowest BCUT2D eigenvalue weighted by molar-refractivity contribution is -0.115. The summed E-state index contributed by atoms with van der Waals surface area (Å²) in [5.74, 6) is -0.474. The quantitative estimate of drug-likeness (QED) is 0.824. The summed E-state index contributed by atoms with van der Waals surface area (Å²) in [6.07, 6.45) is 0.203. The zero-order valence-electron chi connectivity index (χ0n) is 9.79. The molecular formula is C14H10Br2FNO.